The van der Waals surface area contributed by atoms with E-state index in [1.165, 1.54) is 11.1 Å². The smallest absolute Gasteiger partial charge is 0.238 e. The van der Waals surface area contributed by atoms with E-state index >= 15 is 0 Å². The molecule has 5 heteroatoms. The lowest BCUT2D eigenvalue weighted by atomic mass is 9.89. The first-order valence-corrected chi connectivity index (χ1v) is 11.9. The van der Waals surface area contributed by atoms with Crippen molar-refractivity contribution in [2.75, 3.05) is 0 Å². The van der Waals surface area contributed by atoms with Crippen LogP contribution in [0.5, 0.6) is 0 Å². The molecule has 0 fully saturated rings. The summed E-state index contributed by atoms with van der Waals surface area (Å²) < 4.78 is 16.7. The summed E-state index contributed by atoms with van der Waals surface area (Å²) in [5, 5.41) is 0. The summed E-state index contributed by atoms with van der Waals surface area (Å²) in [6, 6.07) is 22.0. The van der Waals surface area contributed by atoms with Crippen LogP contribution in [0.1, 0.15) is 59.7 Å². The Balaban J connectivity index is 1.68. The molecule has 1 atom stereocenters. The first-order valence-electron chi connectivity index (χ1n) is 11.9. The second-order valence-corrected chi connectivity index (χ2v) is 9.11. The van der Waals surface area contributed by atoms with Crippen LogP contribution in [0.3, 0.4) is 0 Å². The van der Waals surface area contributed by atoms with Crippen molar-refractivity contribution in [1.82, 2.24) is 15.3 Å². The van der Waals surface area contributed by atoms with Gasteiger partial charge in [-0.05, 0) is 73.1 Å². The fraction of sp³-hybridized carbons (Fsp3) is 0.310. The van der Waals surface area contributed by atoms with Crippen LogP contribution in [0.25, 0.3) is 11.0 Å². The van der Waals surface area contributed by atoms with Gasteiger partial charge in [-0.1, -0.05) is 55.0 Å². The predicted molar refractivity (Wildman–Crippen MR) is 134 cm³/mol. The predicted octanol–water partition coefficient (Wildman–Crippen LogP) is 6.54. The first-order chi connectivity index (χ1) is 16.4. The molecular weight excluding hydrogens is 425 g/mol. The summed E-state index contributed by atoms with van der Waals surface area (Å²) in [4.78, 5) is 16.1. The number of aryl methyl sites for hydroxylation is 2. The number of hydrogen-bond acceptors (Lipinski definition) is 2. The molecule has 3 aromatic carbocycles. The minimum atomic E-state index is -0.530. The Hall–Kier alpha value is -3.47. The lowest BCUT2D eigenvalue weighted by Gasteiger charge is -2.19. The van der Waals surface area contributed by atoms with E-state index in [4.69, 9.17) is 10.7 Å². The number of hydrogen-bond donors (Lipinski definition) is 0. The van der Waals surface area contributed by atoms with Crippen molar-refractivity contribution in [2.45, 2.75) is 58.4 Å². The number of nitrogens with one attached hydrogen (secondary N) is 1. The number of amides is 1. The number of aromatic nitrogens is 2. The quantitative estimate of drug-likeness (QED) is 0.255. The molecular formula is C29H31FN3O. The highest BCUT2D eigenvalue weighted by atomic mass is 19.1. The topological polar surface area (TPSA) is 58.7 Å². The van der Waals surface area contributed by atoms with Crippen LogP contribution in [0, 0.1) is 19.7 Å². The molecule has 4 rings (SSSR count). The van der Waals surface area contributed by atoms with E-state index in [-0.39, 0.29) is 18.2 Å². The molecule has 175 valence electrons. The number of unbranched alkanes of at least 4 members (excludes halogenated alkanes) is 1. The van der Waals surface area contributed by atoms with Gasteiger partial charge in [0.15, 0.2) is 0 Å². The zero-order valence-electron chi connectivity index (χ0n) is 19.9. The summed E-state index contributed by atoms with van der Waals surface area (Å²) in [6.07, 6.45) is 3.23. The van der Waals surface area contributed by atoms with Crippen molar-refractivity contribution in [3.63, 3.8) is 0 Å². The first kappa shape index (κ1) is 23.7. The summed E-state index contributed by atoms with van der Waals surface area (Å²) in [5.41, 5.74) is 13.3. The van der Waals surface area contributed by atoms with E-state index in [1.807, 2.05) is 30.3 Å². The Labute approximate surface area is 200 Å². The third-order valence-corrected chi connectivity index (χ3v) is 6.63. The van der Waals surface area contributed by atoms with Crippen molar-refractivity contribution in [2.24, 2.45) is 0 Å². The van der Waals surface area contributed by atoms with Crippen molar-refractivity contribution in [3.8, 4) is 0 Å². The number of rotatable bonds is 10. The fourth-order valence-electron chi connectivity index (χ4n) is 4.56. The molecule has 1 heterocycles. The van der Waals surface area contributed by atoms with E-state index < -0.39 is 5.91 Å². The molecule has 0 aliphatic heterocycles. The van der Waals surface area contributed by atoms with Crippen LogP contribution in [-0.2, 0) is 17.8 Å². The minimum absolute atomic E-state index is 0.0726. The van der Waals surface area contributed by atoms with Gasteiger partial charge in [0.2, 0.25) is 5.91 Å². The van der Waals surface area contributed by atoms with Gasteiger partial charge in [-0.2, -0.15) is 0 Å². The van der Waals surface area contributed by atoms with Gasteiger partial charge < -0.3 is 4.57 Å². The molecule has 0 bridgehead atoms. The summed E-state index contributed by atoms with van der Waals surface area (Å²) in [6.45, 7) is 4.63. The molecule has 0 aliphatic rings. The van der Waals surface area contributed by atoms with Gasteiger partial charge in [-0.25, -0.2) is 9.37 Å². The van der Waals surface area contributed by atoms with E-state index in [2.05, 4.69) is 41.8 Å². The summed E-state index contributed by atoms with van der Waals surface area (Å²) >= 11 is 0. The Bertz CT molecular complexity index is 1290. The SMILES string of the molecule is Cc1ccc(C(CCCCC([NH])=O)Cc2nc3ccccc3n2Cc2ccccc2C)cc1F. The Kier molecular flexibility index (Phi) is 7.41. The Morgan fingerprint density at radius 2 is 1.76 bits per heavy atom. The van der Waals surface area contributed by atoms with Gasteiger partial charge in [0.1, 0.15) is 11.6 Å². The number of fused-ring (bicyclic) bond motifs is 1. The molecule has 1 unspecified atom stereocenters. The van der Waals surface area contributed by atoms with Crippen molar-refractivity contribution in [3.05, 3.63) is 101 Å². The molecule has 4 nitrogen and oxygen atoms in total. The molecule has 1 radical (unpaired) electrons. The van der Waals surface area contributed by atoms with Gasteiger partial charge in [-0.3, -0.25) is 10.5 Å². The van der Waals surface area contributed by atoms with Crippen LogP contribution < -0.4 is 5.73 Å². The highest BCUT2D eigenvalue weighted by molar-refractivity contribution is 5.76. The monoisotopic (exact) mass is 456 g/mol. The van der Waals surface area contributed by atoms with Gasteiger partial charge in [0, 0.05) is 19.4 Å². The molecule has 34 heavy (non-hydrogen) atoms. The average Bonchev–Trinajstić information content (AvgIpc) is 3.16. The second-order valence-electron chi connectivity index (χ2n) is 9.11. The van der Waals surface area contributed by atoms with Crippen LogP contribution in [0.2, 0.25) is 0 Å². The molecule has 0 spiro atoms. The Morgan fingerprint density at radius 3 is 2.53 bits per heavy atom. The molecule has 0 saturated heterocycles. The Morgan fingerprint density at radius 1 is 1.00 bits per heavy atom. The van der Waals surface area contributed by atoms with Gasteiger partial charge >= 0.3 is 0 Å². The van der Waals surface area contributed by atoms with Crippen molar-refractivity contribution < 1.29 is 9.18 Å². The number of para-hydroxylation sites is 2. The molecule has 0 saturated carbocycles. The molecule has 4 aromatic rings. The summed E-state index contributed by atoms with van der Waals surface area (Å²) in [7, 11) is 0. The fourth-order valence-corrected chi connectivity index (χ4v) is 4.56. The van der Waals surface area contributed by atoms with Crippen molar-refractivity contribution >= 4 is 16.9 Å². The van der Waals surface area contributed by atoms with Gasteiger partial charge in [0.05, 0.1) is 11.0 Å². The van der Waals surface area contributed by atoms with Gasteiger partial charge in [-0.15, -0.1) is 0 Å². The number of imidazole rings is 1. The molecule has 1 amide bonds. The van der Waals surface area contributed by atoms with Gasteiger partial charge in [0.25, 0.3) is 0 Å². The minimum Gasteiger partial charge on any atom is -0.323 e. The number of carbonyl (C=O) groups excluding carboxylic acids is 1. The number of benzene rings is 3. The standard InChI is InChI=1S/C29H31FN3O/c1-20-9-3-4-11-24(20)19-33-27-13-7-6-12-26(27)32-29(33)18-22(10-5-8-14-28(31)34)23-16-15-21(2)25(30)17-23/h3-4,6-7,9,11-13,15-17,22,31H,5,8,10,14,18-19H2,1-2H3. The van der Waals surface area contributed by atoms with E-state index in [0.717, 1.165) is 41.8 Å². The van der Waals surface area contributed by atoms with Crippen molar-refractivity contribution in [1.29, 1.82) is 0 Å². The number of carbonyl (C=O) groups is 1. The third kappa shape index (κ3) is 5.53. The zero-order chi connectivity index (χ0) is 24.1. The van der Waals surface area contributed by atoms with E-state index in [1.54, 1.807) is 13.0 Å². The lowest BCUT2D eigenvalue weighted by Crippen LogP contribution is -2.12. The van der Waals surface area contributed by atoms with Crippen LogP contribution in [0.15, 0.2) is 66.7 Å². The van der Waals surface area contributed by atoms with Crippen LogP contribution in [-0.4, -0.2) is 15.5 Å². The highest BCUT2D eigenvalue weighted by Gasteiger charge is 2.19. The molecule has 1 aromatic heterocycles. The summed E-state index contributed by atoms with van der Waals surface area (Å²) in [5.74, 6) is 0.325. The molecule has 0 aliphatic carbocycles. The lowest BCUT2D eigenvalue weighted by molar-refractivity contribution is -0.118. The highest BCUT2D eigenvalue weighted by Crippen LogP contribution is 2.30. The van der Waals surface area contributed by atoms with Crippen LogP contribution in [0.4, 0.5) is 4.39 Å². The average molecular weight is 457 g/mol. The normalized spacial score (nSPS) is 12.2. The number of halogens is 1. The maximum Gasteiger partial charge on any atom is 0.238 e. The maximum absolute atomic E-state index is 14.5. The van der Waals surface area contributed by atoms with E-state index in [0.29, 0.717) is 18.4 Å². The maximum atomic E-state index is 14.5. The number of nitrogens with zero attached hydrogens (tertiary/aromatic N) is 2. The molecule has 1 N–H and O–H groups in total. The van der Waals surface area contributed by atoms with Crippen LogP contribution >= 0.6 is 0 Å². The zero-order valence-corrected chi connectivity index (χ0v) is 19.9. The largest absolute Gasteiger partial charge is 0.323 e. The second kappa shape index (κ2) is 10.6. The van der Waals surface area contributed by atoms with E-state index in [9.17, 15) is 9.18 Å². The third-order valence-electron chi connectivity index (χ3n) is 6.63.